The monoisotopic (exact) mass is 370 g/mol. The molecule has 0 aromatic heterocycles. The lowest BCUT2D eigenvalue weighted by Crippen LogP contribution is -2.53. The summed E-state index contributed by atoms with van der Waals surface area (Å²) in [7, 11) is 0. The highest BCUT2D eigenvalue weighted by Crippen LogP contribution is 2.66. The van der Waals surface area contributed by atoms with Gasteiger partial charge in [0, 0.05) is 18.3 Å². The summed E-state index contributed by atoms with van der Waals surface area (Å²) < 4.78 is 0. The molecular formula is C25H38O2. The number of carbonyl (C=O) groups excluding carboxylic acids is 2. The lowest BCUT2D eigenvalue weighted by molar-refractivity contribution is -0.134. The zero-order valence-corrected chi connectivity index (χ0v) is 17.7. The van der Waals surface area contributed by atoms with Crippen molar-refractivity contribution in [2.45, 2.75) is 97.8 Å². The molecule has 3 fully saturated rings. The van der Waals surface area contributed by atoms with Crippen molar-refractivity contribution in [3.05, 3.63) is 11.6 Å². The second-order valence-corrected chi connectivity index (χ2v) is 10.5. The number of hydrogen-bond acceptors (Lipinski definition) is 2. The molecule has 4 rings (SSSR count). The van der Waals surface area contributed by atoms with Crippen LogP contribution in [-0.2, 0) is 9.59 Å². The number of ketones is 2. The zero-order valence-electron chi connectivity index (χ0n) is 17.7. The Kier molecular flexibility index (Phi) is 5.14. The SMILES string of the molecule is CCCCCC[C@H]1CC(=O)C=C2CC[C@@H]3[C@H](CC[C@]4(C)C(=O)CC[C@@H]34)[C@]21C. The smallest absolute Gasteiger partial charge is 0.155 e. The zero-order chi connectivity index (χ0) is 19.2. The molecule has 0 aromatic rings. The molecule has 0 unspecified atom stereocenters. The number of Topliss-reactive ketones (excluding diaryl/α,β-unsaturated/α-hetero) is 1. The quantitative estimate of drug-likeness (QED) is 0.533. The van der Waals surface area contributed by atoms with Gasteiger partial charge in [0.05, 0.1) is 0 Å². The van der Waals surface area contributed by atoms with Crippen molar-refractivity contribution in [1.82, 2.24) is 0 Å². The van der Waals surface area contributed by atoms with Crippen molar-refractivity contribution in [2.75, 3.05) is 0 Å². The number of unbranched alkanes of at least 4 members (excludes halogenated alkanes) is 3. The minimum absolute atomic E-state index is 0.0418. The third-order valence-electron chi connectivity index (χ3n) is 9.39. The lowest BCUT2D eigenvalue weighted by Gasteiger charge is -2.59. The Bertz CT molecular complexity index is 647. The van der Waals surface area contributed by atoms with E-state index in [9.17, 15) is 9.59 Å². The molecule has 4 aliphatic carbocycles. The molecule has 0 heterocycles. The van der Waals surface area contributed by atoms with Crippen LogP contribution in [0.25, 0.3) is 0 Å². The van der Waals surface area contributed by atoms with Crippen molar-refractivity contribution in [1.29, 1.82) is 0 Å². The van der Waals surface area contributed by atoms with Crippen molar-refractivity contribution in [3.8, 4) is 0 Å². The summed E-state index contributed by atoms with van der Waals surface area (Å²) in [5, 5.41) is 0. The van der Waals surface area contributed by atoms with Gasteiger partial charge < -0.3 is 0 Å². The fourth-order valence-electron chi connectivity index (χ4n) is 7.76. The Morgan fingerprint density at radius 3 is 2.59 bits per heavy atom. The molecule has 0 saturated heterocycles. The molecule has 3 saturated carbocycles. The van der Waals surface area contributed by atoms with Gasteiger partial charge in [-0.1, -0.05) is 52.0 Å². The predicted molar refractivity (Wildman–Crippen MR) is 109 cm³/mol. The van der Waals surface area contributed by atoms with E-state index in [1.165, 1.54) is 50.5 Å². The van der Waals surface area contributed by atoms with Crippen molar-refractivity contribution in [2.24, 2.45) is 34.5 Å². The van der Waals surface area contributed by atoms with Gasteiger partial charge in [0.1, 0.15) is 5.78 Å². The molecule has 0 N–H and O–H groups in total. The van der Waals surface area contributed by atoms with E-state index in [0.29, 0.717) is 35.2 Å². The highest BCUT2D eigenvalue weighted by molar-refractivity contribution is 5.92. The molecule has 2 nitrogen and oxygen atoms in total. The van der Waals surface area contributed by atoms with Crippen LogP contribution in [0.4, 0.5) is 0 Å². The van der Waals surface area contributed by atoms with Gasteiger partial charge in [-0.15, -0.1) is 0 Å². The van der Waals surface area contributed by atoms with Crippen LogP contribution in [0.15, 0.2) is 11.6 Å². The average molecular weight is 371 g/mol. The first kappa shape index (κ1) is 19.4. The van der Waals surface area contributed by atoms with E-state index < -0.39 is 0 Å². The Hall–Kier alpha value is -0.920. The molecule has 0 amide bonds. The van der Waals surface area contributed by atoms with Crippen LogP contribution in [-0.4, -0.2) is 11.6 Å². The highest BCUT2D eigenvalue weighted by atomic mass is 16.1. The van der Waals surface area contributed by atoms with Gasteiger partial charge >= 0.3 is 0 Å². The van der Waals surface area contributed by atoms with Gasteiger partial charge in [-0.3, -0.25) is 9.59 Å². The van der Waals surface area contributed by atoms with Gasteiger partial charge in [0.2, 0.25) is 0 Å². The van der Waals surface area contributed by atoms with Gasteiger partial charge in [0.15, 0.2) is 5.78 Å². The third kappa shape index (κ3) is 2.97. The van der Waals surface area contributed by atoms with Crippen LogP contribution in [0.2, 0.25) is 0 Å². The number of rotatable bonds is 5. The van der Waals surface area contributed by atoms with Gasteiger partial charge in [-0.2, -0.15) is 0 Å². The molecule has 6 atom stereocenters. The summed E-state index contributed by atoms with van der Waals surface area (Å²) in [4.78, 5) is 25.1. The van der Waals surface area contributed by atoms with Crippen LogP contribution in [0.5, 0.6) is 0 Å². The Morgan fingerprint density at radius 2 is 1.81 bits per heavy atom. The molecule has 0 aliphatic heterocycles. The minimum Gasteiger partial charge on any atom is -0.299 e. The summed E-state index contributed by atoms with van der Waals surface area (Å²) in [6.07, 6.45) is 15.7. The molecule has 0 bridgehead atoms. The first-order valence-corrected chi connectivity index (χ1v) is 11.7. The third-order valence-corrected chi connectivity index (χ3v) is 9.39. The number of carbonyl (C=O) groups is 2. The fraction of sp³-hybridized carbons (Fsp3) is 0.840. The highest BCUT2D eigenvalue weighted by Gasteiger charge is 2.60. The molecular weight excluding hydrogens is 332 g/mol. The number of fused-ring (bicyclic) bond motifs is 5. The first-order valence-electron chi connectivity index (χ1n) is 11.7. The Labute approximate surface area is 165 Å². The lowest BCUT2D eigenvalue weighted by atomic mass is 9.45. The molecule has 0 radical (unpaired) electrons. The molecule has 0 aromatic carbocycles. The fourth-order valence-corrected chi connectivity index (χ4v) is 7.76. The maximum atomic E-state index is 12.6. The van der Waals surface area contributed by atoms with Crippen molar-refractivity contribution in [3.63, 3.8) is 0 Å². The normalized spacial score (nSPS) is 43.7. The van der Waals surface area contributed by atoms with E-state index in [-0.39, 0.29) is 10.8 Å². The molecule has 27 heavy (non-hydrogen) atoms. The van der Waals surface area contributed by atoms with E-state index in [1.54, 1.807) is 0 Å². The Balaban J connectivity index is 1.61. The van der Waals surface area contributed by atoms with Crippen LogP contribution in [0.3, 0.4) is 0 Å². The van der Waals surface area contributed by atoms with E-state index >= 15 is 0 Å². The second-order valence-electron chi connectivity index (χ2n) is 10.5. The van der Waals surface area contributed by atoms with Crippen molar-refractivity contribution >= 4 is 11.6 Å². The maximum Gasteiger partial charge on any atom is 0.155 e. The summed E-state index contributed by atoms with van der Waals surface area (Å²) in [5.74, 6) is 3.41. The standard InChI is InChI=1S/C25H38O2/c1-4-5-6-7-8-17-15-19(26)16-18-9-10-20-21-11-12-23(27)24(21,2)14-13-22(20)25(17,18)3/h16-17,20-22H,4-15H2,1-3H3/t17-,20-,21-,22-,24-,25-/m0/s1. The van der Waals surface area contributed by atoms with Crippen molar-refractivity contribution < 1.29 is 9.59 Å². The number of hydrogen-bond donors (Lipinski definition) is 0. The second kappa shape index (κ2) is 7.16. The summed E-state index contributed by atoms with van der Waals surface area (Å²) in [5.41, 5.74) is 1.63. The van der Waals surface area contributed by atoms with Gasteiger partial charge in [-0.05, 0) is 73.7 Å². The van der Waals surface area contributed by atoms with Gasteiger partial charge in [-0.25, -0.2) is 0 Å². The number of allylic oxidation sites excluding steroid dienone is 1. The molecule has 0 spiro atoms. The largest absolute Gasteiger partial charge is 0.299 e. The molecule has 2 heteroatoms. The summed E-state index contributed by atoms with van der Waals surface area (Å²) in [6.45, 7) is 7.04. The first-order chi connectivity index (χ1) is 12.9. The van der Waals surface area contributed by atoms with Crippen LogP contribution in [0.1, 0.15) is 97.8 Å². The van der Waals surface area contributed by atoms with Gasteiger partial charge in [0.25, 0.3) is 0 Å². The van der Waals surface area contributed by atoms with E-state index in [4.69, 9.17) is 0 Å². The topological polar surface area (TPSA) is 34.1 Å². The van der Waals surface area contributed by atoms with Crippen LogP contribution in [0, 0.1) is 34.5 Å². The molecule has 4 aliphatic rings. The average Bonchev–Trinajstić information content (AvgIpc) is 2.94. The molecule has 150 valence electrons. The summed E-state index contributed by atoms with van der Waals surface area (Å²) >= 11 is 0. The van der Waals surface area contributed by atoms with Crippen LogP contribution < -0.4 is 0 Å². The van der Waals surface area contributed by atoms with E-state index in [2.05, 4.69) is 20.8 Å². The van der Waals surface area contributed by atoms with E-state index in [0.717, 1.165) is 32.1 Å². The predicted octanol–water partition coefficient (Wildman–Crippen LogP) is 6.28. The minimum atomic E-state index is -0.0418. The summed E-state index contributed by atoms with van der Waals surface area (Å²) in [6, 6.07) is 0. The van der Waals surface area contributed by atoms with E-state index in [1.807, 2.05) is 6.08 Å². The maximum absolute atomic E-state index is 12.6. The van der Waals surface area contributed by atoms with Crippen LogP contribution >= 0.6 is 0 Å². The Morgan fingerprint density at radius 1 is 1.00 bits per heavy atom.